The minimum absolute atomic E-state index is 0.200. The zero-order valence-electron chi connectivity index (χ0n) is 10.4. The molecule has 0 aliphatic rings. The number of hydrogen-bond donors (Lipinski definition) is 2. The van der Waals surface area contributed by atoms with Crippen LogP contribution in [-0.4, -0.2) is 32.1 Å². The Kier molecular flexibility index (Phi) is 4.98. The van der Waals surface area contributed by atoms with Gasteiger partial charge in [-0.3, -0.25) is 9.59 Å². The van der Waals surface area contributed by atoms with Gasteiger partial charge in [-0.15, -0.1) is 0 Å². The average molecular weight is 252 g/mol. The molecule has 0 spiro atoms. The Labute approximate surface area is 105 Å². The van der Waals surface area contributed by atoms with Crippen LogP contribution >= 0.6 is 0 Å². The molecular formula is C12H16N2O4. The summed E-state index contributed by atoms with van der Waals surface area (Å²) in [6, 6.07) is 4.76. The van der Waals surface area contributed by atoms with Crippen LogP contribution in [-0.2, 0) is 4.79 Å². The van der Waals surface area contributed by atoms with E-state index in [9.17, 15) is 9.59 Å². The molecular weight excluding hydrogens is 236 g/mol. The van der Waals surface area contributed by atoms with Crippen molar-refractivity contribution in [3.05, 3.63) is 23.8 Å². The molecule has 0 saturated heterocycles. The number of rotatable bonds is 6. The van der Waals surface area contributed by atoms with Gasteiger partial charge in [-0.1, -0.05) is 0 Å². The van der Waals surface area contributed by atoms with E-state index in [1.54, 1.807) is 18.2 Å². The number of nitrogens with one attached hydrogen (secondary N) is 1. The van der Waals surface area contributed by atoms with E-state index in [0.29, 0.717) is 23.7 Å². The van der Waals surface area contributed by atoms with Crippen LogP contribution in [0.3, 0.4) is 0 Å². The maximum absolute atomic E-state index is 11.7. The average Bonchev–Trinajstić information content (AvgIpc) is 2.36. The Hall–Kier alpha value is -2.24. The third kappa shape index (κ3) is 3.65. The van der Waals surface area contributed by atoms with E-state index >= 15 is 0 Å². The molecule has 6 nitrogen and oxygen atoms in total. The van der Waals surface area contributed by atoms with E-state index in [0.717, 1.165) is 0 Å². The Morgan fingerprint density at radius 2 is 2.06 bits per heavy atom. The molecule has 98 valence electrons. The van der Waals surface area contributed by atoms with Crippen LogP contribution in [0.25, 0.3) is 0 Å². The molecule has 0 unspecified atom stereocenters. The lowest BCUT2D eigenvalue weighted by Crippen LogP contribution is -2.33. The summed E-state index contributed by atoms with van der Waals surface area (Å²) in [5.74, 6) is 0.0364. The Morgan fingerprint density at radius 3 is 2.61 bits per heavy atom. The van der Waals surface area contributed by atoms with Gasteiger partial charge in [0.1, 0.15) is 0 Å². The maximum Gasteiger partial charge on any atom is 0.251 e. The van der Waals surface area contributed by atoms with Gasteiger partial charge in [0.15, 0.2) is 11.5 Å². The number of benzene rings is 1. The summed E-state index contributed by atoms with van der Waals surface area (Å²) in [7, 11) is 1.52. The van der Waals surface area contributed by atoms with Gasteiger partial charge >= 0.3 is 0 Å². The fourth-order valence-corrected chi connectivity index (χ4v) is 1.36. The summed E-state index contributed by atoms with van der Waals surface area (Å²) in [6.07, 6.45) is 0. The number of amides is 2. The first-order valence-corrected chi connectivity index (χ1v) is 5.45. The SMILES string of the molecule is CCOc1cc(C(=O)NCC(N)=O)ccc1OC. The van der Waals surface area contributed by atoms with Crippen molar-refractivity contribution in [2.45, 2.75) is 6.92 Å². The van der Waals surface area contributed by atoms with Crippen LogP contribution in [0.2, 0.25) is 0 Å². The van der Waals surface area contributed by atoms with Crippen LogP contribution in [0.15, 0.2) is 18.2 Å². The number of carbonyl (C=O) groups excluding carboxylic acids is 2. The number of methoxy groups -OCH3 is 1. The van der Waals surface area contributed by atoms with Crippen molar-refractivity contribution in [3.8, 4) is 11.5 Å². The van der Waals surface area contributed by atoms with Gasteiger partial charge in [0, 0.05) is 5.56 Å². The number of carbonyl (C=O) groups is 2. The lowest BCUT2D eigenvalue weighted by atomic mass is 10.2. The third-order valence-corrected chi connectivity index (χ3v) is 2.15. The molecule has 0 bridgehead atoms. The van der Waals surface area contributed by atoms with Crippen LogP contribution in [0.4, 0.5) is 0 Å². The second-order valence-corrected chi connectivity index (χ2v) is 3.45. The van der Waals surface area contributed by atoms with Crippen molar-refractivity contribution < 1.29 is 19.1 Å². The highest BCUT2D eigenvalue weighted by Gasteiger charge is 2.11. The van der Waals surface area contributed by atoms with Crippen molar-refractivity contribution in [3.63, 3.8) is 0 Å². The Bertz CT molecular complexity index is 446. The highest BCUT2D eigenvalue weighted by atomic mass is 16.5. The van der Waals surface area contributed by atoms with Gasteiger partial charge in [0.05, 0.1) is 20.3 Å². The first kappa shape index (κ1) is 13.8. The fraction of sp³-hybridized carbons (Fsp3) is 0.333. The quantitative estimate of drug-likeness (QED) is 0.762. The zero-order valence-corrected chi connectivity index (χ0v) is 10.4. The zero-order chi connectivity index (χ0) is 13.5. The van der Waals surface area contributed by atoms with E-state index in [4.69, 9.17) is 15.2 Å². The number of nitrogens with two attached hydrogens (primary N) is 1. The monoisotopic (exact) mass is 252 g/mol. The minimum Gasteiger partial charge on any atom is -0.493 e. The molecule has 0 aliphatic heterocycles. The highest BCUT2D eigenvalue weighted by Crippen LogP contribution is 2.27. The van der Waals surface area contributed by atoms with Gasteiger partial charge < -0.3 is 20.5 Å². The van der Waals surface area contributed by atoms with E-state index in [2.05, 4.69) is 5.32 Å². The summed E-state index contributed by atoms with van der Waals surface area (Å²) in [6.45, 7) is 2.09. The van der Waals surface area contributed by atoms with E-state index in [1.807, 2.05) is 6.92 Å². The number of hydrogen-bond acceptors (Lipinski definition) is 4. The number of ether oxygens (including phenoxy) is 2. The molecule has 6 heteroatoms. The van der Waals surface area contributed by atoms with E-state index in [1.165, 1.54) is 7.11 Å². The molecule has 0 atom stereocenters. The summed E-state index contributed by atoms with van der Waals surface area (Å²) in [4.78, 5) is 22.3. The smallest absolute Gasteiger partial charge is 0.251 e. The summed E-state index contributed by atoms with van der Waals surface area (Å²) in [5.41, 5.74) is 5.32. The van der Waals surface area contributed by atoms with Gasteiger partial charge in [-0.05, 0) is 25.1 Å². The molecule has 0 radical (unpaired) electrons. The predicted octanol–water partition coefficient (Wildman–Crippen LogP) is 0.309. The summed E-state index contributed by atoms with van der Waals surface area (Å²) >= 11 is 0. The molecule has 2 amide bonds. The van der Waals surface area contributed by atoms with Crippen molar-refractivity contribution in [2.24, 2.45) is 5.73 Å². The Balaban J connectivity index is 2.86. The second kappa shape index (κ2) is 6.48. The topological polar surface area (TPSA) is 90.6 Å². The van der Waals surface area contributed by atoms with Crippen LogP contribution in [0.5, 0.6) is 11.5 Å². The maximum atomic E-state index is 11.7. The predicted molar refractivity (Wildman–Crippen MR) is 65.7 cm³/mol. The summed E-state index contributed by atoms with van der Waals surface area (Å²) < 4.78 is 10.4. The molecule has 1 aromatic carbocycles. The highest BCUT2D eigenvalue weighted by molar-refractivity contribution is 5.96. The molecule has 0 aromatic heterocycles. The van der Waals surface area contributed by atoms with Crippen LogP contribution in [0, 0.1) is 0 Å². The second-order valence-electron chi connectivity index (χ2n) is 3.45. The molecule has 0 saturated carbocycles. The van der Waals surface area contributed by atoms with Gasteiger partial charge in [0.25, 0.3) is 5.91 Å². The van der Waals surface area contributed by atoms with Crippen LogP contribution in [0.1, 0.15) is 17.3 Å². The Morgan fingerprint density at radius 1 is 1.33 bits per heavy atom. The van der Waals surface area contributed by atoms with Crippen molar-refractivity contribution in [1.29, 1.82) is 0 Å². The lowest BCUT2D eigenvalue weighted by Gasteiger charge is -2.10. The standard InChI is InChI=1S/C12H16N2O4/c1-3-18-10-6-8(4-5-9(10)17-2)12(16)14-7-11(13)15/h4-6H,3,7H2,1-2H3,(H2,13,15)(H,14,16). The molecule has 3 N–H and O–H groups in total. The largest absolute Gasteiger partial charge is 0.493 e. The van der Waals surface area contributed by atoms with Gasteiger partial charge in [0.2, 0.25) is 5.91 Å². The molecule has 18 heavy (non-hydrogen) atoms. The molecule has 0 aliphatic carbocycles. The molecule has 0 heterocycles. The van der Waals surface area contributed by atoms with Gasteiger partial charge in [-0.25, -0.2) is 0 Å². The van der Waals surface area contributed by atoms with E-state index < -0.39 is 11.8 Å². The fourth-order valence-electron chi connectivity index (χ4n) is 1.36. The van der Waals surface area contributed by atoms with Crippen molar-refractivity contribution in [1.82, 2.24) is 5.32 Å². The first-order chi connectivity index (χ1) is 8.58. The normalized spacial score (nSPS) is 9.67. The van der Waals surface area contributed by atoms with Crippen molar-refractivity contribution in [2.75, 3.05) is 20.3 Å². The third-order valence-electron chi connectivity index (χ3n) is 2.15. The molecule has 1 aromatic rings. The first-order valence-electron chi connectivity index (χ1n) is 5.45. The van der Waals surface area contributed by atoms with Crippen molar-refractivity contribution >= 4 is 11.8 Å². The van der Waals surface area contributed by atoms with Crippen LogP contribution < -0.4 is 20.5 Å². The molecule has 1 rings (SSSR count). The lowest BCUT2D eigenvalue weighted by molar-refractivity contribution is -0.117. The number of primary amides is 1. The minimum atomic E-state index is -0.595. The molecule has 0 fully saturated rings. The van der Waals surface area contributed by atoms with Gasteiger partial charge in [-0.2, -0.15) is 0 Å². The van der Waals surface area contributed by atoms with E-state index in [-0.39, 0.29) is 6.54 Å². The summed E-state index contributed by atoms with van der Waals surface area (Å²) in [5, 5.41) is 2.40.